The molecular formula is C13H16FN3O. The van der Waals surface area contributed by atoms with Crippen molar-refractivity contribution >= 4 is 17.3 Å². The first-order valence-electron chi connectivity index (χ1n) is 6.04. The van der Waals surface area contributed by atoms with Gasteiger partial charge in [0.15, 0.2) is 0 Å². The number of hydrogen-bond acceptors (Lipinski definition) is 3. The van der Waals surface area contributed by atoms with Crippen LogP contribution in [0.25, 0.3) is 0 Å². The van der Waals surface area contributed by atoms with Crippen LogP contribution in [0.2, 0.25) is 0 Å². The summed E-state index contributed by atoms with van der Waals surface area (Å²) in [4.78, 5) is 12.2. The number of nitrogens with zero attached hydrogens (tertiary/aromatic N) is 2. The highest BCUT2D eigenvalue weighted by atomic mass is 19.1. The van der Waals surface area contributed by atoms with Gasteiger partial charge >= 0.3 is 0 Å². The summed E-state index contributed by atoms with van der Waals surface area (Å²) in [6.45, 7) is 2.39. The molecule has 0 radical (unpaired) electrons. The maximum absolute atomic E-state index is 13.2. The molecule has 1 aliphatic rings. The van der Waals surface area contributed by atoms with E-state index in [-0.39, 0.29) is 17.6 Å². The molecule has 0 aliphatic carbocycles. The standard InChI is InChI=1S/C13H16FN3O/c1-2-12-11(6-7-15)13(18)17(16-12)10-5-3-4-9(14)8-10/h3-5,8,11H,2,6-7,15H2,1H3. The summed E-state index contributed by atoms with van der Waals surface area (Å²) in [7, 11) is 0. The van der Waals surface area contributed by atoms with E-state index in [1.807, 2.05) is 6.92 Å². The molecule has 0 aromatic heterocycles. The Balaban J connectivity index is 2.30. The van der Waals surface area contributed by atoms with Crippen LogP contribution in [0.4, 0.5) is 10.1 Å². The van der Waals surface area contributed by atoms with Crippen LogP contribution in [0.15, 0.2) is 29.4 Å². The fourth-order valence-corrected chi connectivity index (χ4v) is 2.10. The van der Waals surface area contributed by atoms with Gasteiger partial charge in [-0.25, -0.2) is 9.40 Å². The maximum Gasteiger partial charge on any atom is 0.256 e. The Morgan fingerprint density at radius 3 is 2.89 bits per heavy atom. The number of anilines is 1. The Morgan fingerprint density at radius 1 is 1.50 bits per heavy atom. The van der Waals surface area contributed by atoms with Crippen LogP contribution in [-0.4, -0.2) is 18.2 Å². The molecule has 18 heavy (non-hydrogen) atoms. The molecule has 0 fully saturated rings. The van der Waals surface area contributed by atoms with Crippen molar-refractivity contribution in [1.29, 1.82) is 0 Å². The molecule has 2 N–H and O–H groups in total. The molecule has 1 aliphatic heterocycles. The Morgan fingerprint density at radius 2 is 2.28 bits per heavy atom. The van der Waals surface area contributed by atoms with E-state index in [0.717, 1.165) is 5.71 Å². The molecule has 1 aromatic carbocycles. The molecule has 1 heterocycles. The minimum Gasteiger partial charge on any atom is -0.330 e. The van der Waals surface area contributed by atoms with E-state index < -0.39 is 0 Å². The highest BCUT2D eigenvalue weighted by Crippen LogP contribution is 2.26. The first kappa shape index (κ1) is 12.7. The van der Waals surface area contributed by atoms with Crippen LogP contribution in [0, 0.1) is 11.7 Å². The van der Waals surface area contributed by atoms with Gasteiger partial charge in [0, 0.05) is 0 Å². The lowest BCUT2D eigenvalue weighted by molar-refractivity contribution is -0.119. The number of halogens is 1. The molecule has 0 spiro atoms. The predicted molar refractivity (Wildman–Crippen MR) is 68.8 cm³/mol. The molecule has 4 nitrogen and oxygen atoms in total. The Bertz CT molecular complexity index is 487. The van der Waals surface area contributed by atoms with Crippen molar-refractivity contribution in [2.45, 2.75) is 19.8 Å². The molecule has 1 unspecified atom stereocenters. The molecule has 0 bridgehead atoms. The van der Waals surface area contributed by atoms with Gasteiger partial charge in [-0.1, -0.05) is 13.0 Å². The topological polar surface area (TPSA) is 58.7 Å². The number of carbonyl (C=O) groups is 1. The number of amides is 1. The molecule has 5 heteroatoms. The van der Waals surface area contributed by atoms with Crippen molar-refractivity contribution in [2.75, 3.05) is 11.6 Å². The van der Waals surface area contributed by atoms with Gasteiger partial charge in [0.1, 0.15) is 5.82 Å². The number of benzene rings is 1. The van der Waals surface area contributed by atoms with Gasteiger partial charge in [-0.05, 0) is 37.6 Å². The van der Waals surface area contributed by atoms with Crippen molar-refractivity contribution in [1.82, 2.24) is 0 Å². The van der Waals surface area contributed by atoms with Crippen LogP contribution in [0.3, 0.4) is 0 Å². The summed E-state index contributed by atoms with van der Waals surface area (Å²) in [5.74, 6) is -0.762. The van der Waals surface area contributed by atoms with Crippen molar-refractivity contribution < 1.29 is 9.18 Å². The molecular weight excluding hydrogens is 233 g/mol. The van der Waals surface area contributed by atoms with Crippen LogP contribution < -0.4 is 10.7 Å². The van der Waals surface area contributed by atoms with Crippen LogP contribution >= 0.6 is 0 Å². The minimum atomic E-state index is -0.379. The number of hydrogen-bond donors (Lipinski definition) is 1. The Labute approximate surface area is 105 Å². The summed E-state index contributed by atoms with van der Waals surface area (Å²) < 4.78 is 13.2. The second-order valence-corrected chi connectivity index (χ2v) is 4.20. The summed E-state index contributed by atoms with van der Waals surface area (Å²) in [5.41, 5.74) is 6.79. The van der Waals surface area contributed by atoms with E-state index in [2.05, 4.69) is 5.10 Å². The van der Waals surface area contributed by atoms with E-state index in [4.69, 9.17) is 5.73 Å². The maximum atomic E-state index is 13.2. The zero-order valence-electron chi connectivity index (χ0n) is 10.3. The van der Waals surface area contributed by atoms with Gasteiger partial charge < -0.3 is 5.73 Å². The zero-order chi connectivity index (χ0) is 13.1. The van der Waals surface area contributed by atoms with Crippen molar-refractivity contribution in [3.05, 3.63) is 30.1 Å². The molecule has 1 aromatic rings. The third kappa shape index (κ3) is 2.26. The van der Waals surface area contributed by atoms with E-state index in [1.54, 1.807) is 12.1 Å². The average molecular weight is 249 g/mol. The Hall–Kier alpha value is -1.75. The van der Waals surface area contributed by atoms with Crippen molar-refractivity contribution in [2.24, 2.45) is 16.8 Å². The molecule has 1 amide bonds. The number of nitrogens with two attached hydrogens (primary N) is 1. The third-order valence-electron chi connectivity index (χ3n) is 3.01. The zero-order valence-corrected chi connectivity index (χ0v) is 10.3. The van der Waals surface area contributed by atoms with E-state index in [0.29, 0.717) is 25.1 Å². The highest BCUT2D eigenvalue weighted by molar-refractivity contribution is 6.15. The normalized spacial score (nSPS) is 19.3. The molecule has 0 saturated carbocycles. The lowest BCUT2D eigenvalue weighted by Crippen LogP contribution is -2.29. The van der Waals surface area contributed by atoms with Gasteiger partial charge in [0.2, 0.25) is 0 Å². The van der Waals surface area contributed by atoms with E-state index in [1.165, 1.54) is 17.1 Å². The first-order chi connectivity index (χ1) is 8.67. The number of hydrazone groups is 1. The second kappa shape index (κ2) is 5.27. The largest absolute Gasteiger partial charge is 0.330 e. The molecule has 1 atom stereocenters. The van der Waals surface area contributed by atoms with Crippen LogP contribution in [0.5, 0.6) is 0 Å². The number of rotatable bonds is 4. The van der Waals surface area contributed by atoms with E-state index in [9.17, 15) is 9.18 Å². The number of carbonyl (C=O) groups excluding carboxylic acids is 1. The second-order valence-electron chi connectivity index (χ2n) is 4.20. The summed E-state index contributed by atoms with van der Waals surface area (Å²) in [5, 5.41) is 5.56. The van der Waals surface area contributed by atoms with Gasteiger partial charge in [-0.3, -0.25) is 4.79 Å². The lowest BCUT2D eigenvalue weighted by Gasteiger charge is -2.13. The van der Waals surface area contributed by atoms with Gasteiger partial charge in [0.25, 0.3) is 5.91 Å². The van der Waals surface area contributed by atoms with Crippen molar-refractivity contribution in [3.63, 3.8) is 0 Å². The van der Waals surface area contributed by atoms with E-state index >= 15 is 0 Å². The average Bonchev–Trinajstić information content (AvgIpc) is 2.67. The summed E-state index contributed by atoms with van der Waals surface area (Å²) in [6.07, 6.45) is 1.28. The van der Waals surface area contributed by atoms with Gasteiger partial charge in [-0.2, -0.15) is 5.10 Å². The predicted octanol–water partition coefficient (Wildman–Crippen LogP) is 1.90. The lowest BCUT2D eigenvalue weighted by atomic mass is 9.98. The minimum absolute atomic E-state index is 0.122. The summed E-state index contributed by atoms with van der Waals surface area (Å²) in [6, 6.07) is 5.88. The first-order valence-corrected chi connectivity index (χ1v) is 6.04. The van der Waals surface area contributed by atoms with Gasteiger partial charge in [0.05, 0.1) is 17.3 Å². The molecule has 2 rings (SSSR count). The molecule has 0 saturated heterocycles. The highest BCUT2D eigenvalue weighted by Gasteiger charge is 2.34. The SMILES string of the molecule is CCC1=NN(c2cccc(F)c2)C(=O)C1CCN. The molecule has 96 valence electrons. The smallest absolute Gasteiger partial charge is 0.256 e. The van der Waals surface area contributed by atoms with Gasteiger partial charge in [-0.15, -0.1) is 0 Å². The Kier molecular flexibility index (Phi) is 3.72. The monoisotopic (exact) mass is 249 g/mol. The fraction of sp³-hybridized carbons (Fsp3) is 0.385. The van der Waals surface area contributed by atoms with Crippen molar-refractivity contribution in [3.8, 4) is 0 Å². The quantitative estimate of drug-likeness (QED) is 0.886. The fourth-order valence-electron chi connectivity index (χ4n) is 2.10. The van der Waals surface area contributed by atoms with Crippen LogP contribution in [0.1, 0.15) is 19.8 Å². The van der Waals surface area contributed by atoms with Crippen LogP contribution in [-0.2, 0) is 4.79 Å². The third-order valence-corrected chi connectivity index (χ3v) is 3.01. The summed E-state index contributed by atoms with van der Waals surface area (Å²) >= 11 is 0.